The van der Waals surface area contributed by atoms with Crippen molar-refractivity contribution >= 4 is 53.5 Å². The summed E-state index contributed by atoms with van der Waals surface area (Å²) in [5.41, 5.74) is 4.05. The predicted octanol–water partition coefficient (Wildman–Crippen LogP) is 6.90. The second kappa shape index (κ2) is 8.49. The van der Waals surface area contributed by atoms with Gasteiger partial charge in [-0.2, -0.15) is 0 Å². The van der Waals surface area contributed by atoms with Crippen molar-refractivity contribution in [1.82, 2.24) is 5.32 Å². The van der Waals surface area contributed by atoms with Gasteiger partial charge < -0.3 is 5.11 Å². The van der Waals surface area contributed by atoms with E-state index in [1.54, 1.807) is 6.07 Å². The van der Waals surface area contributed by atoms with Crippen LogP contribution in [0.3, 0.4) is 0 Å². The topological polar surface area (TPSA) is 44.6 Å². The Morgan fingerprint density at radius 1 is 0.821 bits per heavy atom. The highest BCUT2D eigenvalue weighted by Gasteiger charge is 2.27. The molecule has 4 rings (SSSR count). The molecule has 0 aromatic heterocycles. The summed E-state index contributed by atoms with van der Waals surface area (Å²) in [6.45, 7) is 0. The Balaban J connectivity index is 1.76. The van der Waals surface area contributed by atoms with Gasteiger partial charge in [0.1, 0.15) is 11.9 Å². The molecule has 3 aromatic carbocycles. The number of nitrogens with one attached hydrogen (secondary N) is 1. The largest absolute Gasteiger partial charge is 0.508 e. The van der Waals surface area contributed by atoms with E-state index < -0.39 is 0 Å². The molecule has 142 valence electrons. The van der Waals surface area contributed by atoms with Crippen LogP contribution < -0.4 is 5.32 Å². The van der Waals surface area contributed by atoms with Crippen molar-refractivity contribution in [2.45, 2.75) is 18.6 Å². The van der Waals surface area contributed by atoms with Crippen LogP contribution in [-0.4, -0.2) is 10.8 Å². The molecule has 3 nitrogen and oxygen atoms in total. The number of hydrogen-bond donors (Lipinski definition) is 2. The lowest BCUT2D eigenvalue weighted by Crippen LogP contribution is -2.33. The Morgan fingerprint density at radius 2 is 1.43 bits per heavy atom. The number of aromatic hydroxyl groups is 1. The molecule has 1 aliphatic heterocycles. The molecule has 2 N–H and O–H groups in total. The molecule has 0 radical (unpaired) electrons. The van der Waals surface area contributed by atoms with E-state index in [0.717, 1.165) is 35.8 Å². The van der Waals surface area contributed by atoms with Crippen LogP contribution in [-0.2, 0) is 0 Å². The highest BCUT2D eigenvalue weighted by molar-refractivity contribution is 9.11. The molecule has 0 fully saturated rings. The Bertz CT molecular complexity index is 1020. The lowest BCUT2D eigenvalue weighted by atomic mass is 9.93. The first-order chi connectivity index (χ1) is 13.5. The van der Waals surface area contributed by atoms with Crippen molar-refractivity contribution in [2.75, 3.05) is 0 Å². The van der Waals surface area contributed by atoms with Crippen LogP contribution in [0.2, 0.25) is 0 Å². The molecule has 0 saturated carbocycles. The number of halogens is 3. The van der Waals surface area contributed by atoms with Gasteiger partial charge >= 0.3 is 0 Å². The molecule has 1 heterocycles. The lowest BCUT2D eigenvalue weighted by molar-refractivity contribution is 0.412. The number of nitrogens with zero attached hydrogens (tertiary/aromatic N) is 1. The quantitative estimate of drug-likeness (QED) is 0.363. The summed E-state index contributed by atoms with van der Waals surface area (Å²) < 4.78 is 3.01. The molecule has 1 aliphatic rings. The Kier molecular flexibility index (Phi) is 6.01. The molecule has 0 bridgehead atoms. The number of rotatable bonds is 3. The fraction of sp³-hybridized carbons (Fsp3) is 0.136. The van der Waals surface area contributed by atoms with Gasteiger partial charge in [-0.1, -0.05) is 72.1 Å². The first-order valence-electron chi connectivity index (χ1n) is 8.82. The molecule has 3 aromatic rings. The van der Waals surface area contributed by atoms with Crippen LogP contribution in [0, 0.1) is 0 Å². The summed E-state index contributed by atoms with van der Waals surface area (Å²) in [7, 11) is 0. The lowest BCUT2D eigenvalue weighted by Gasteiger charge is -2.31. The standard InChI is InChI=1S/C22H17Br3N2O/c23-15-5-1-13(2-6-15)19-12-20(18-11-17(25)9-10-21(18)28)27-22(26-19)14-3-7-16(24)8-4-14/h1-11,20,22,27-28H,12H2/t20-,22+/m0/s1. The SMILES string of the molecule is Oc1ccc(Br)cc1[C@@H]1CC(c2ccc(Br)cc2)=N[C@@H](c2ccc(Br)cc2)N1. The highest BCUT2D eigenvalue weighted by Crippen LogP contribution is 2.36. The van der Waals surface area contributed by atoms with Gasteiger partial charge in [0.25, 0.3) is 0 Å². The molecule has 2 atom stereocenters. The monoisotopic (exact) mass is 562 g/mol. The molecule has 6 heteroatoms. The molecule has 0 saturated heterocycles. The zero-order valence-electron chi connectivity index (χ0n) is 14.7. The fourth-order valence-electron chi connectivity index (χ4n) is 3.34. The zero-order valence-corrected chi connectivity index (χ0v) is 19.5. The van der Waals surface area contributed by atoms with Gasteiger partial charge in [0.2, 0.25) is 0 Å². The summed E-state index contributed by atoms with van der Waals surface area (Å²) in [6.07, 6.45) is 0.502. The van der Waals surface area contributed by atoms with E-state index >= 15 is 0 Å². The maximum Gasteiger partial charge on any atom is 0.126 e. The third kappa shape index (κ3) is 4.40. The summed E-state index contributed by atoms with van der Waals surface area (Å²) in [5, 5.41) is 14.1. The van der Waals surface area contributed by atoms with Gasteiger partial charge in [-0.05, 0) is 53.6 Å². The summed E-state index contributed by atoms with van der Waals surface area (Å²) in [5.74, 6) is 0.285. The van der Waals surface area contributed by atoms with Crippen molar-refractivity contribution in [1.29, 1.82) is 0 Å². The van der Waals surface area contributed by atoms with Crippen LogP contribution in [0.25, 0.3) is 0 Å². The molecular weight excluding hydrogens is 548 g/mol. The fourth-order valence-corrected chi connectivity index (χ4v) is 4.25. The maximum absolute atomic E-state index is 10.5. The van der Waals surface area contributed by atoms with E-state index in [0.29, 0.717) is 6.42 Å². The average Bonchev–Trinajstić information content (AvgIpc) is 2.70. The van der Waals surface area contributed by atoms with Crippen molar-refractivity contribution < 1.29 is 5.11 Å². The highest BCUT2D eigenvalue weighted by atomic mass is 79.9. The number of aliphatic imine (C=N–C) groups is 1. The van der Waals surface area contributed by atoms with Gasteiger partial charge in [0.15, 0.2) is 0 Å². The van der Waals surface area contributed by atoms with E-state index in [1.165, 1.54) is 0 Å². The minimum absolute atomic E-state index is 0.0534. The number of hydrogen-bond acceptors (Lipinski definition) is 3. The van der Waals surface area contributed by atoms with Gasteiger partial charge in [-0.25, -0.2) is 0 Å². The van der Waals surface area contributed by atoms with Crippen molar-refractivity contribution in [3.05, 3.63) is 96.8 Å². The van der Waals surface area contributed by atoms with Crippen molar-refractivity contribution in [3.8, 4) is 5.75 Å². The van der Waals surface area contributed by atoms with Gasteiger partial charge in [0, 0.05) is 37.2 Å². The van der Waals surface area contributed by atoms with Gasteiger partial charge in [-0.15, -0.1) is 0 Å². The zero-order chi connectivity index (χ0) is 19.7. The van der Waals surface area contributed by atoms with Crippen LogP contribution in [0.15, 0.2) is 85.1 Å². The predicted molar refractivity (Wildman–Crippen MR) is 124 cm³/mol. The Hall–Kier alpha value is -1.47. The van der Waals surface area contributed by atoms with Crippen LogP contribution in [0.4, 0.5) is 0 Å². The second-order valence-corrected chi connectivity index (χ2v) is 9.41. The molecule has 0 aliphatic carbocycles. The van der Waals surface area contributed by atoms with Crippen molar-refractivity contribution in [2.24, 2.45) is 4.99 Å². The first kappa shape index (κ1) is 19.8. The minimum Gasteiger partial charge on any atom is -0.508 e. The molecule has 0 spiro atoms. The summed E-state index contributed by atoms with van der Waals surface area (Å²) in [4.78, 5) is 4.99. The number of phenolic OH excluding ortho intramolecular Hbond substituents is 1. The third-order valence-electron chi connectivity index (χ3n) is 4.77. The normalized spacial score (nSPS) is 19.3. The van der Waals surface area contributed by atoms with E-state index in [1.807, 2.05) is 36.4 Å². The van der Waals surface area contributed by atoms with Crippen LogP contribution >= 0.6 is 47.8 Å². The summed E-state index contributed by atoms with van der Waals surface area (Å²) in [6, 6.07) is 21.9. The van der Waals surface area contributed by atoms with E-state index in [2.05, 4.69) is 77.4 Å². The van der Waals surface area contributed by atoms with E-state index in [9.17, 15) is 5.11 Å². The number of benzene rings is 3. The van der Waals surface area contributed by atoms with Gasteiger partial charge in [0.05, 0.1) is 0 Å². The first-order valence-corrected chi connectivity index (χ1v) is 11.2. The van der Waals surface area contributed by atoms with E-state index in [4.69, 9.17) is 4.99 Å². The molecular formula is C22H17Br3N2O. The molecule has 0 unspecified atom stereocenters. The minimum atomic E-state index is -0.191. The van der Waals surface area contributed by atoms with Crippen molar-refractivity contribution in [3.63, 3.8) is 0 Å². The smallest absolute Gasteiger partial charge is 0.126 e. The summed E-state index contributed by atoms with van der Waals surface area (Å²) >= 11 is 10.5. The molecule has 28 heavy (non-hydrogen) atoms. The Morgan fingerprint density at radius 3 is 2.11 bits per heavy atom. The van der Waals surface area contributed by atoms with Gasteiger partial charge in [-0.3, -0.25) is 10.3 Å². The third-order valence-corrected chi connectivity index (χ3v) is 6.32. The second-order valence-electron chi connectivity index (χ2n) is 6.66. The van der Waals surface area contributed by atoms with Crippen LogP contribution in [0.5, 0.6) is 5.75 Å². The Labute approximate surface area is 189 Å². The average molecular weight is 565 g/mol. The van der Waals surface area contributed by atoms with E-state index in [-0.39, 0.29) is 18.0 Å². The number of phenols is 1. The molecule has 0 amide bonds. The maximum atomic E-state index is 10.5. The van der Waals surface area contributed by atoms with Crippen LogP contribution in [0.1, 0.15) is 35.3 Å².